The van der Waals surface area contributed by atoms with Crippen LogP contribution in [0.5, 0.6) is 0 Å². The zero-order valence-electron chi connectivity index (χ0n) is 14.9. The number of aromatic amines is 1. The van der Waals surface area contributed by atoms with Crippen molar-refractivity contribution in [2.75, 3.05) is 0 Å². The number of nitrogens with one attached hydrogen (secondary N) is 3. The topological polar surface area (TPSA) is 91.1 Å². The van der Waals surface area contributed by atoms with E-state index < -0.39 is 33.1 Å². The Balaban J connectivity index is 2.09. The molecule has 0 aliphatic rings. The summed E-state index contributed by atoms with van der Waals surface area (Å²) in [6.07, 6.45) is 1.21. The molecule has 0 fully saturated rings. The molecule has 2 rings (SSSR count). The number of halogens is 2. The van der Waals surface area contributed by atoms with E-state index in [2.05, 4.69) is 15.0 Å². The maximum absolute atomic E-state index is 13.4. The Hall–Kier alpha value is -2.26. The second-order valence-electron chi connectivity index (χ2n) is 7.00. The van der Waals surface area contributed by atoms with Gasteiger partial charge in [-0.1, -0.05) is 6.07 Å². The average molecular weight is 385 g/mol. The van der Waals surface area contributed by atoms with Crippen molar-refractivity contribution in [2.24, 2.45) is 0 Å². The summed E-state index contributed by atoms with van der Waals surface area (Å²) in [7, 11) is -3.77. The summed E-state index contributed by atoms with van der Waals surface area (Å²) in [4.78, 5) is 14.7. The van der Waals surface area contributed by atoms with Gasteiger partial charge in [0.15, 0.2) is 11.6 Å². The van der Waals surface area contributed by atoms with Crippen molar-refractivity contribution in [1.82, 2.24) is 15.0 Å². The maximum Gasteiger partial charge on any atom is 0.268 e. The Morgan fingerprint density at radius 2 is 1.85 bits per heavy atom. The minimum Gasteiger partial charge on any atom is -0.356 e. The van der Waals surface area contributed by atoms with Gasteiger partial charge < -0.3 is 10.3 Å². The summed E-state index contributed by atoms with van der Waals surface area (Å²) >= 11 is 0. The first-order valence-corrected chi connectivity index (χ1v) is 9.32. The van der Waals surface area contributed by atoms with E-state index in [1.807, 2.05) is 0 Å². The van der Waals surface area contributed by atoms with E-state index in [1.54, 1.807) is 20.8 Å². The lowest BCUT2D eigenvalue weighted by atomic mass is 10.1. The summed E-state index contributed by atoms with van der Waals surface area (Å²) in [5, 5.41) is 2.53. The largest absolute Gasteiger partial charge is 0.356 e. The number of H-pyrrole nitrogens is 1. The van der Waals surface area contributed by atoms with Crippen LogP contribution < -0.4 is 10.0 Å². The molecule has 6 nitrogen and oxygen atoms in total. The molecule has 0 bridgehead atoms. The van der Waals surface area contributed by atoms with E-state index in [9.17, 15) is 22.0 Å². The fourth-order valence-corrected chi connectivity index (χ4v) is 3.71. The van der Waals surface area contributed by atoms with Crippen LogP contribution in [0.15, 0.2) is 29.3 Å². The van der Waals surface area contributed by atoms with Gasteiger partial charge in [0.25, 0.3) is 5.91 Å². The number of rotatable bonds is 5. The number of aromatic nitrogens is 1. The van der Waals surface area contributed by atoms with E-state index in [4.69, 9.17) is 0 Å². The molecule has 1 amide bonds. The highest BCUT2D eigenvalue weighted by Crippen LogP contribution is 2.16. The summed E-state index contributed by atoms with van der Waals surface area (Å²) in [6.45, 7) is 6.50. The monoisotopic (exact) mass is 385 g/mol. The molecule has 0 unspecified atom stereocenters. The van der Waals surface area contributed by atoms with Crippen LogP contribution in [0.2, 0.25) is 0 Å². The summed E-state index contributed by atoms with van der Waals surface area (Å²) in [5.74, 6) is -2.48. The third kappa shape index (κ3) is 4.89. The van der Waals surface area contributed by atoms with Gasteiger partial charge in [-0.2, -0.15) is 0 Å². The van der Waals surface area contributed by atoms with Crippen molar-refractivity contribution >= 4 is 15.9 Å². The molecular formula is C17H21F2N3O3S. The van der Waals surface area contributed by atoms with Crippen LogP contribution in [0, 0.1) is 18.6 Å². The number of benzene rings is 1. The number of carbonyl (C=O) groups is 1. The van der Waals surface area contributed by atoms with Crippen LogP contribution in [0.25, 0.3) is 0 Å². The molecule has 26 heavy (non-hydrogen) atoms. The summed E-state index contributed by atoms with van der Waals surface area (Å²) < 4.78 is 53.6. The van der Waals surface area contributed by atoms with Crippen molar-refractivity contribution < 1.29 is 22.0 Å². The van der Waals surface area contributed by atoms with Crippen molar-refractivity contribution in [3.63, 3.8) is 0 Å². The predicted octanol–water partition coefficient (Wildman–Crippen LogP) is 2.61. The molecule has 1 aromatic heterocycles. The number of amides is 1. The molecule has 0 radical (unpaired) electrons. The third-order valence-electron chi connectivity index (χ3n) is 3.37. The lowest BCUT2D eigenvalue weighted by Crippen LogP contribution is -2.40. The van der Waals surface area contributed by atoms with Gasteiger partial charge in [0.05, 0.1) is 0 Å². The van der Waals surface area contributed by atoms with Crippen molar-refractivity contribution in [2.45, 2.75) is 44.7 Å². The molecule has 142 valence electrons. The molecular weight excluding hydrogens is 364 g/mol. The normalized spacial score (nSPS) is 12.2. The van der Waals surface area contributed by atoms with E-state index >= 15 is 0 Å². The van der Waals surface area contributed by atoms with Gasteiger partial charge in [0, 0.05) is 18.3 Å². The maximum atomic E-state index is 13.4. The van der Waals surface area contributed by atoms with Crippen molar-refractivity contribution in [1.29, 1.82) is 0 Å². The van der Waals surface area contributed by atoms with Gasteiger partial charge in [-0.05, 0) is 51.0 Å². The molecule has 1 heterocycles. The predicted molar refractivity (Wildman–Crippen MR) is 93.1 cm³/mol. The van der Waals surface area contributed by atoms with Gasteiger partial charge in [0.2, 0.25) is 10.0 Å². The van der Waals surface area contributed by atoms with Gasteiger partial charge in [-0.15, -0.1) is 0 Å². The second-order valence-corrected chi connectivity index (χ2v) is 8.68. The van der Waals surface area contributed by atoms with Crippen LogP contribution in [0.3, 0.4) is 0 Å². The lowest BCUT2D eigenvalue weighted by Gasteiger charge is -2.19. The van der Waals surface area contributed by atoms with Crippen LogP contribution in [-0.2, 0) is 16.6 Å². The summed E-state index contributed by atoms with van der Waals surface area (Å²) in [6, 6.07) is 3.64. The smallest absolute Gasteiger partial charge is 0.268 e. The SMILES string of the molecule is Cc1cc(CNC(=O)c2cc(S(=O)(=O)NC(C)(C)C)c[nH]2)cc(F)c1F. The molecule has 1 aromatic carbocycles. The zero-order valence-corrected chi connectivity index (χ0v) is 15.7. The number of hydrogen-bond donors (Lipinski definition) is 3. The molecule has 9 heteroatoms. The minimum atomic E-state index is -3.77. The highest BCUT2D eigenvalue weighted by Gasteiger charge is 2.24. The van der Waals surface area contributed by atoms with Gasteiger partial charge in [0.1, 0.15) is 10.6 Å². The number of aryl methyl sites for hydroxylation is 1. The quantitative estimate of drug-likeness (QED) is 0.739. The van der Waals surface area contributed by atoms with E-state index in [-0.39, 0.29) is 22.7 Å². The molecule has 2 aromatic rings. The van der Waals surface area contributed by atoms with Crippen LogP contribution in [-0.4, -0.2) is 24.8 Å². The zero-order chi connectivity index (χ0) is 19.7. The molecule has 0 aliphatic carbocycles. The third-order valence-corrected chi connectivity index (χ3v) is 5.11. The molecule has 0 atom stereocenters. The highest BCUT2D eigenvalue weighted by molar-refractivity contribution is 7.89. The van der Waals surface area contributed by atoms with Crippen LogP contribution >= 0.6 is 0 Å². The Kier molecular flexibility index (Phi) is 5.52. The Morgan fingerprint density at radius 3 is 2.42 bits per heavy atom. The molecule has 3 N–H and O–H groups in total. The van der Waals surface area contributed by atoms with E-state index in [0.717, 1.165) is 6.07 Å². The minimum absolute atomic E-state index is 0.0295. The first-order valence-electron chi connectivity index (χ1n) is 7.84. The van der Waals surface area contributed by atoms with Gasteiger partial charge in [-0.25, -0.2) is 21.9 Å². The number of carbonyl (C=O) groups excluding carboxylic acids is 1. The van der Waals surface area contributed by atoms with Gasteiger partial charge in [-0.3, -0.25) is 4.79 Å². The Labute approximate surface area is 151 Å². The molecule has 0 saturated heterocycles. The Morgan fingerprint density at radius 1 is 1.19 bits per heavy atom. The Bertz CT molecular complexity index is 908. The second kappa shape index (κ2) is 7.16. The fourth-order valence-electron chi connectivity index (χ4n) is 2.30. The summed E-state index contributed by atoms with van der Waals surface area (Å²) in [5.41, 5.74) is -0.0962. The van der Waals surface area contributed by atoms with Crippen LogP contribution in [0.4, 0.5) is 8.78 Å². The first-order chi connectivity index (χ1) is 11.9. The van der Waals surface area contributed by atoms with Crippen LogP contribution in [0.1, 0.15) is 42.4 Å². The number of hydrogen-bond acceptors (Lipinski definition) is 3. The standard InChI is InChI=1S/C17H21F2N3O3S/c1-10-5-11(6-13(18)15(10)19)8-21-16(23)14-7-12(9-20-14)26(24,25)22-17(2,3)4/h5-7,9,20,22H,8H2,1-4H3,(H,21,23). The lowest BCUT2D eigenvalue weighted by molar-refractivity contribution is 0.0946. The van der Waals surface area contributed by atoms with Gasteiger partial charge >= 0.3 is 0 Å². The van der Waals surface area contributed by atoms with Crippen molar-refractivity contribution in [3.8, 4) is 0 Å². The molecule has 0 spiro atoms. The highest BCUT2D eigenvalue weighted by atomic mass is 32.2. The van der Waals surface area contributed by atoms with E-state index in [0.29, 0.717) is 5.56 Å². The molecule has 0 aliphatic heterocycles. The average Bonchev–Trinajstić information content (AvgIpc) is 2.98. The van der Waals surface area contributed by atoms with Crippen molar-refractivity contribution in [3.05, 3.63) is 52.9 Å². The number of sulfonamides is 1. The first kappa shape index (κ1) is 20.1. The van der Waals surface area contributed by atoms with E-state index in [1.165, 1.54) is 25.3 Å². The molecule has 0 saturated carbocycles. The fraction of sp³-hybridized carbons (Fsp3) is 0.353.